The number of alkyl halides is 1. The minimum Gasteiger partial charge on any atom is -0.414 e. The van der Waals surface area contributed by atoms with Crippen molar-refractivity contribution in [3.63, 3.8) is 0 Å². The lowest BCUT2D eigenvalue weighted by Gasteiger charge is -2.36. The second-order valence-electron chi connectivity index (χ2n) is 6.32. The first-order valence-electron chi connectivity index (χ1n) is 7.09. The van der Waals surface area contributed by atoms with Gasteiger partial charge in [0.1, 0.15) is 0 Å². The summed E-state index contributed by atoms with van der Waals surface area (Å²) in [6.07, 6.45) is 4.69. The standard InChI is InChI=1S/C14H31ClO2Si/c1-14(2,3)18(4,5)17-13-12-16-11-9-7-6-8-10-15/h6-13H2,1-5H3. The van der Waals surface area contributed by atoms with Gasteiger partial charge in [-0.15, -0.1) is 11.6 Å². The first-order valence-corrected chi connectivity index (χ1v) is 10.5. The van der Waals surface area contributed by atoms with Crippen molar-refractivity contribution < 1.29 is 9.16 Å². The predicted octanol–water partition coefficient (Wildman–Crippen LogP) is 4.82. The molecule has 4 heteroatoms. The van der Waals surface area contributed by atoms with E-state index >= 15 is 0 Å². The quantitative estimate of drug-likeness (QED) is 0.326. The number of rotatable bonds is 10. The first-order chi connectivity index (χ1) is 8.31. The van der Waals surface area contributed by atoms with E-state index in [1.807, 2.05) is 0 Å². The fourth-order valence-corrected chi connectivity index (χ4v) is 2.54. The Labute approximate surface area is 120 Å². The third-order valence-electron chi connectivity index (χ3n) is 3.67. The van der Waals surface area contributed by atoms with Gasteiger partial charge in [-0.05, 0) is 31.0 Å². The zero-order valence-corrected chi connectivity index (χ0v) is 14.6. The van der Waals surface area contributed by atoms with Crippen molar-refractivity contribution in [2.75, 3.05) is 25.7 Å². The van der Waals surface area contributed by atoms with Crippen LogP contribution in [0.25, 0.3) is 0 Å². The van der Waals surface area contributed by atoms with E-state index in [-0.39, 0.29) is 5.04 Å². The van der Waals surface area contributed by atoms with E-state index in [1.165, 1.54) is 12.8 Å². The minimum atomic E-state index is -1.59. The highest BCUT2D eigenvalue weighted by Gasteiger charge is 2.36. The molecule has 0 aliphatic rings. The van der Waals surface area contributed by atoms with Gasteiger partial charge in [0, 0.05) is 12.5 Å². The molecule has 0 spiro atoms. The van der Waals surface area contributed by atoms with Gasteiger partial charge in [-0.2, -0.15) is 0 Å². The average molecular weight is 295 g/mol. The number of ether oxygens (including phenoxy) is 1. The maximum Gasteiger partial charge on any atom is 0.192 e. The van der Waals surface area contributed by atoms with Crippen LogP contribution in [0.15, 0.2) is 0 Å². The molecule has 0 aliphatic heterocycles. The summed E-state index contributed by atoms with van der Waals surface area (Å²) in [5.74, 6) is 0.779. The van der Waals surface area contributed by atoms with E-state index < -0.39 is 8.32 Å². The summed E-state index contributed by atoms with van der Waals surface area (Å²) in [5, 5.41) is 0.286. The van der Waals surface area contributed by atoms with Crippen molar-refractivity contribution in [1.82, 2.24) is 0 Å². The molecule has 0 rings (SSSR count). The van der Waals surface area contributed by atoms with Crippen LogP contribution in [0.2, 0.25) is 18.1 Å². The van der Waals surface area contributed by atoms with E-state index in [0.29, 0.717) is 0 Å². The molecule has 0 amide bonds. The molecule has 0 atom stereocenters. The maximum absolute atomic E-state index is 6.04. The highest BCUT2D eigenvalue weighted by Crippen LogP contribution is 2.36. The lowest BCUT2D eigenvalue weighted by atomic mass is 10.2. The van der Waals surface area contributed by atoms with Crippen LogP contribution in [0.4, 0.5) is 0 Å². The molecular formula is C14H31ClO2Si. The second-order valence-corrected chi connectivity index (χ2v) is 11.5. The summed E-state index contributed by atoms with van der Waals surface area (Å²) in [6.45, 7) is 13.6. The van der Waals surface area contributed by atoms with Gasteiger partial charge in [0.25, 0.3) is 0 Å². The maximum atomic E-state index is 6.04. The van der Waals surface area contributed by atoms with Crippen LogP contribution in [0.1, 0.15) is 46.5 Å². The summed E-state index contributed by atoms with van der Waals surface area (Å²) < 4.78 is 11.6. The largest absolute Gasteiger partial charge is 0.414 e. The number of hydrogen-bond acceptors (Lipinski definition) is 2. The van der Waals surface area contributed by atoms with Crippen molar-refractivity contribution in [2.45, 2.75) is 64.6 Å². The summed E-state index contributed by atoms with van der Waals surface area (Å²) in [6, 6.07) is 0. The minimum absolute atomic E-state index is 0.286. The van der Waals surface area contributed by atoms with Crippen molar-refractivity contribution in [3.05, 3.63) is 0 Å². The molecule has 0 aromatic carbocycles. The topological polar surface area (TPSA) is 18.5 Å². The van der Waals surface area contributed by atoms with Crippen LogP contribution in [0.3, 0.4) is 0 Å². The van der Waals surface area contributed by atoms with Crippen LogP contribution in [0, 0.1) is 0 Å². The lowest BCUT2D eigenvalue weighted by Crippen LogP contribution is -2.41. The van der Waals surface area contributed by atoms with Crippen LogP contribution in [-0.2, 0) is 9.16 Å². The SMILES string of the molecule is CC(C)(C)[Si](C)(C)OCCOCCCCCCCl. The monoisotopic (exact) mass is 294 g/mol. The third kappa shape index (κ3) is 8.52. The zero-order chi connectivity index (χ0) is 14.1. The van der Waals surface area contributed by atoms with E-state index in [9.17, 15) is 0 Å². The van der Waals surface area contributed by atoms with Gasteiger partial charge in [0.05, 0.1) is 13.2 Å². The highest BCUT2D eigenvalue weighted by molar-refractivity contribution is 6.74. The molecule has 0 saturated heterocycles. The predicted molar refractivity (Wildman–Crippen MR) is 83.2 cm³/mol. The lowest BCUT2D eigenvalue weighted by molar-refractivity contribution is 0.0926. The number of unbranched alkanes of at least 4 members (excludes halogenated alkanes) is 3. The molecule has 0 aromatic heterocycles. The fourth-order valence-electron chi connectivity index (χ4n) is 1.33. The molecule has 0 unspecified atom stereocenters. The van der Waals surface area contributed by atoms with Crippen molar-refractivity contribution in [2.24, 2.45) is 0 Å². The van der Waals surface area contributed by atoms with Crippen LogP contribution >= 0.6 is 11.6 Å². The van der Waals surface area contributed by atoms with Gasteiger partial charge in [-0.25, -0.2) is 0 Å². The summed E-state index contributed by atoms with van der Waals surface area (Å²) in [7, 11) is -1.59. The van der Waals surface area contributed by atoms with E-state index in [4.69, 9.17) is 20.8 Å². The van der Waals surface area contributed by atoms with Gasteiger partial charge >= 0.3 is 0 Å². The van der Waals surface area contributed by atoms with Crippen LogP contribution in [-0.4, -0.2) is 34.0 Å². The summed E-state index contributed by atoms with van der Waals surface area (Å²) >= 11 is 5.62. The molecule has 110 valence electrons. The van der Waals surface area contributed by atoms with Gasteiger partial charge in [-0.3, -0.25) is 0 Å². The van der Waals surface area contributed by atoms with Crippen molar-refractivity contribution in [1.29, 1.82) is 0 Å². The fraction of sp³-hybridized carbons (Fsp3) is 1.00. The van der Waals surface area contributed by atoms with E-state index in [2.05, 4.69) is 33.9 Å². The molecule has 0 saturated carbocycles. The first kappa shape index (κ1) is 18.4. The zero-order valence-electron chi connectivity index (χ0n) is 12.9. The summed E-state index contributed by atoms with van der Waals surface area (Å²) in [4.78, 5) is 0. The molecular weight excluding hydrogens is 264 g/mol. The molecule has 2 nitrogen and oxygen atoms in total. The Hall–Kier alpha value is 0.427. The Morgan fingerprint density at radius 1 is 0.889 bits per heavy atom. The number of hydrogen-bond donors (Lipinski definition) is 0. The molecule has 18 heavy (non-hydrogen) atoms. The van der Waals surface area contributed by atoms with Gasteiger partial charge < -0.3 is 9.16 Å². The number of halogens is 1. The highest BCUT2D eigenvalue weighted by atomic mass is 35.5. The average Bonchev–Trinajstić information content (AvgIpc) is 2.25. The molecule has 0 N–H and O–H groups in total. The van der Waals surface area contributed by atoms with Gasteiger partial charge in [0.2, 0.25) is 0 Å². The van der Waals surface area contributed by atoms with E-state index in [1.54, 1.807) is 0 Å². The Bertz CT molecular complexity index is 202. The molecule has 0 fully saturated rings. The Balaban J connectivity index is 3.41. The normalized spacial score (nSPS) is 13.0. The second kappa shape index (κ2) is 9.35. The molecule has 0 heterocycles. The molecule has 0 aromatic rings. The van der Waals surface area contributed by atoms with E-state index in [0.717, 1.165) is 38.5 Å². The Kier molecular flexibility index (Phi) is 9.57. The van der Waals surface area contributed by atoms with Crippen LogP contribution < -0.4 is 0 Å². The Morgan fingerprint density at radius 3 is 2.06 bits per heavy atom. The summed E-state index contributed by atoms with van der Waals surface area (Å²) in [5.41, 5.74) is 0. The molecule has 0 bridgehead atoms. The smallest absolute Gasteiger partial charge is 0.192 e. The van der Waals surface area contributed by atoms with Gasteiger partial charge in [-0.1, -0.05) is 33.6 Å². The van der Waals surface area contributed by atoms with Crippen molar-refractivity contribution in [3.8, 4) is 0 Å². The van der Waals surface area contributed by atoms with Gasteiger partial charge in [0.15, 0.2) is 8.32 Å². The molecule has 0 aliphatic carbocycles. The molecule has 0 radical (unpaired) electrons. The Morgan fingerprint density at radius 2 is 1.50 bits per heavy atom. The third-order valence-corrected chi connectivity index (χ3v) is 8.47. The van der Waals surface area contributed by atoms with Crippen LogP contribution in [0.5, 0.6) is 0 Å². The van der Waals surface area contributed by atoms with Crippen molar-refractivity contribution >= 4 is 19.9 Å².